The van der Waals surface area contributed by atoms with Crippen LogP contribution >= 0.6 is 0 Å². The van der Waals surface area contributed by atoms with Crippen molar-refractivity contribution in [3.8, 4) is 0 Å². The van der Waals surface area contributed by atoms with Gasteiger partial charge < -0.3 is 5.32 Å². The zero-order valence-electron chi connectivity index (χ0n) is 14.7. The maximum absolute atomic E-state index is 12.8. The van der Waals surface area contributed by atoms with Gasteiger partial charge >= 0.3 is 0 Å². The fourth-order valence-corrected chi connectivity index (χ4v) is 6.11. The minimum atomic E-state index is -3.11. The molecule has 0 aromatic heterocycles. The quantitative estimate of drug-likeness (QED) is 0.897. The van der Waals surface area contributed by atoms with E-state index in [1.807, 2.05) is 36.4 Å². The summed E-state index contributed by atoms with van der Waals surface area (Å²) in [5.41, 5.74) is 0.574. The van der Waals surface area contributed by atoms with E-state index in [0.717, 1.165) is 36.7 Å². The first-order valence-corrected chi connectivity index (χ1v) is 11.1. The predicted octanol–water partition coefficient (Wildman–Crippen LogP) is 2.22. The molecule has 0 saturated carbocycles. The third-order valence-electron chi connectivity index (χ3n) is 5.51. The van der Waals surface area contributed by atoms with Crippen molar-refractivity contribution in [3.05, 3.63) is 48.0 Å². The Kier molecular flexibility index (Phi) is 4.71. The van der Waals surface area contributed by atoms with Crippen LogP contribution in [0, 0.1) is 0 Å². The van der Waals surface area contributed by atoms with E-state index in [-0.39, 0.29) is 29.5 Å². The average Bonchev–Trinajstić information content (AvgIpc) is 2.96. The van der Waals surface area contributed by atoms with E-state index in [9.17, 15) is 13.2 Å². The summed E-state index contributed by atoms with van der Waals surface area (Å²) in [7, 11) is -3.11. The number of piperidine rings is 1. The van der Waals surface area contributed by atoms with Gasteiger partial charge in [-0.25, -0.2) is 8.42 Å². The van der Waals surface area contributed by atoms with Crippen molar-refractivity contribution in [2.24, 2.45) is 0 Å². The van der Waals surface area contributed by atoms with Crippen LogP contribution in [0.3, 0.4) is 0 Å². The maximum Gasteiger partial charge on any atom is 0.251 e. The summed E-state index contributed by atoms with van der Waals surface area (Å²) in [4.78, 5) is 15.0. The van der Waals surface area contributed by atoms with E-state index in [2.05, 4.69) is 10.2 Å². The molecule has 2 atom stereocenters. The largest absolute Gasteiger partial charge is 0.347 e. The highest BCUT2D eigenvalue weighted by atomic mass is 32.2. The Morgan fingerprint density at radius 1 is 0.962 bits per heavy atom. The zero-order valence-corrected chi connectivity index (χ0v) is 15.5. The number of benzene rings is 2. The molecule has 6 heteroatoms. The molecule has 138 valence electrons. The van der Waals surface area contributed by atoms with E-state index in [0.29, 0.717) is 5.56 Å². The van der Waals surface area contributed by atoms with Gasteiger partial charge in [-0.15, -0.1) is 0 Å². The van der Waals surface area contributed by atoms with E-state index in [4.69, 9.17) is 0 Å². The summed E-state index contributed by atoms with van der Waals surface area (Å²) in [5, 5.41) is 5.09. The Morgan fingerprint density at radius 2 is 1.69 bits per heavy atom. The zero-order chi connectivity index (χ0) is 18.1. The fourth-order valence-electron chi connectivity index (χ4n) is 4.16. The van der Waals surface area contributed by atoms with Crippen molar-refractivity contribution >= 4 is 26.5 Å². The Labute approximate surface area is 154 Å². The smallest absolute Gasteiger partial charge is 0.251 e. The number of amides is 1. The standard InChI is InChI=1S/C20H24N2O3S/c23-20(17-9-8-15-6-2-3-7-16(15)12-17)21-18-13-26(24,25)14-19(18)22-10-4-1-5-11-22/h2-3,6-9,12,18-19H,1,4-5,10-11,13-14H2,(H,21,23). The molecule has 1 N–H and O–H groups in total. The number of sulfone groups is 1. The predicted molar refractivity (Wildman–Crippen MR) is 103 cm³/mol. The molecule has 2 heterocycles. The number of carbonyl (C=O) groups excluding carboxylic acids is 1. The summed E-state index contributed by atoms with van der Waals surface area (Å²) in [6.45, 7) is 1.84. The Hall–Kier alpha value is -1.92. The molecule has 2 aliphatic rings. The number of rotatable bonds is 3. The molecule has 2 aliphatic heterocycles. The lowest BCUT2D eigenvalue weighted by molar-refractivity contribution is 0.0900. The molecule has 26 heavy (non-hydrogen) atoms. The van der Waals surface area contributed by atoms with Crippen molar-refractivity contribution in [1.82, 2.24) is 10.2 Å². The van der Waals surface area contributed by atoms with Crippen LogP contribution in [0.2, 0.25) is 0 Å². The van der Waals surface area contributed by atoms with Crippen LogP contribution in [0.25, 0.3) is 10.8 Å². The molecule has 0 bridgehead atoms. The van der Waals surface area contributed by atoms with Gasteiger partial charge in [0.05, 0.1) is 17.5 Å². The monoisotopic (exact) mass is 372 g/mol. The molecule has 0 aliphatic carbocycles. The summed E-state index contributed by atoms with van der Waals surface area (Å²) >= 11 is 0. The summed E-state index contributed by atoms with van der Waals surface area (Å²) in [6.07, 6.45) is 3.40. The number of nitrogens with one attached hydrogen (secondary N) is 1. The van der Waals surface area contributed by atoms with Gasteiger partial charge in [0.1, 0.15) is 0 Å². The van der Waals surface area contributed by atoms with Gasteiger partial charge in [-0.1, -0.05) is 36.8 Å². The number of carbonyl (C=O) groups is 1. The molecule has 2 aromatic rings. The van der Waals surface area contributed by atoms with Crippen molar-refractivity contribution < 1.29 is 13.2 Å². The van der Waals surface area contributed by atoms with Crippen LogP contribution in [0.1, 0.15) is 29.6 Å². The van der Waals surface area contributed by atoms with Crippen LogP contribution in [0.15, 0.2) is 42.5 Å². The lowest BCUT2D eigenvalue weighted by Gasteiger charge is -2.35. The Balaban J connectivity index is 1.54. The molecule has 1 amide bonds. The van der Waals surface area contributed by atoms with Gasteiger partial charge in [0.2, 0.25) is 0 Å². The molecule has 2 aromatic carbocycles. The van der Waals surface area contributed by atoms with Gasteiger partial charge in [-0.2, -0.15) is 0 Å². The first-order chi connectivity index (χ1) is 12.5. The SMILES string of the molecule is O=C(NC1CS(=O)(=O)CC1N1CCCCC1)c1ccc2ccccc2c1. The summed E-state index contributed by atoms with van der Waals surface area (Å²) in [6, 6.07) is 13.0. The molecule has 2 fully saturated rings. The number of hydrogen-bond acceptors (Lipinski definition) is 4. The van der Waals surface area contributed by atoms with Crippen LogP contribution in [0.5, 0.6) is 0 Å². The average molecular weight is 372 g/mol. The minimum Gasteiger partial charge on any atom is -0.347 e. The lowest BCUT2D eigenvalue weighted by atomic mass is 10.0. The number of fused-ring (bicyclic) bond motifs is 1. The number of hydrogen-bond donors (Lipinski definition) is 1. The van der Waals surface area contributed by atoms with Crippen molar-refractivity contribution in [1.29, 1.82) is 0 Å². The second kappa shape index (κ2) is 7.00. The second-order valence-corrected chi connectivity index (χ2v) is 9.54. The van der Waals surface area contributed by atoms with Gasteiger partial charge in [-0.05, 0) is 48.8 Å². The Bertz CT molecular complexity index is 920. The molecule has 0 spiro atoms. The third kappa shape index (κ3) is 3.62. The summed E-state index contributed by atoms with van der Waals surface area (Å²) in [5.74, 6) is -0.0109. The van der Waals surface area contributed by atoms with Gasteiger partial charge in [-0.3, -0.25) is 9.69 Å². The maximum atomic E-state index is 12.8. The van der Waals surface area contributed by atoms with Gasteiger partial charge in [0.15, 0.2) is 9.84 Å². The first kappa shape index (κ1) is 17.5. The van der Waals surface area contributed by atoms with Crippen LogP contribution < -0.4 is 5.32 Å². The second-order valence-electron chi connectivity index (χ2n) is 7.38. The van der Waals surface area contributed by atoms with Crippen molar-refractivity contribution in [3.63, 3.8) is 0 Å². The van der Waals surface area contributed by atoms with Crippen molar-refractivity contribution in [2.75, 3.05) is 24.6 Å². The molecular weight excluding hydrogens is 348 g/mol. The van der Waals surface area contributed by atoms with Crippen LogP contribution in [0.4, 0.5) is 0 Å². The molecule has 4 rings (SSSR count). The molecule has 2 unspecified atom stereocenters. The van der Waals surface area contributed by atoms with Crippen LogP contribution in [-0.4, -0.2) is 55.9 Å². The normalized spacial score (nSPS) is 26.0. The lowest BCUT2D eigenvalue weighted by Crippen LogP contribution is -2.52. The van der Waals surface area contributed by atoms with E-state index in [1.54, 1.807) is 6.07 Å². The highest BCUT2D eigenvalue weighted by molar-refractivity contribution is 7.91. The van der Waals surface area contributed by atoms with Gasteiger partial charge in [0.25, 0.3) is 5.91 Å². The van der Waals surface area contributed by atoms with E-state index in [1.165, 1.54) is 6.42 Å². The number of likely N-dealkylation sites (tertiary alicyclic amines) is 1. The fraction of sp³-hybridized carbons (Fsp3) is 0.450. The Morgan fingerprint density at radius 3 is 2.46 bits per heavy atom. The molecule has 0 radical (unpaired) electrons. The summed E-state index contributed by atoms with van der Waals surface area (Å²) < 4.78 is 24.4. The van der Waals surface area contributed by atoms with E-state index >= 15 is 0 Å². The first-order valence-electron chi connectivity index (χ1n) is 9.26. The topological polar surface area (TPSA) is 66.5 Å². The highest BCUT2D eigenvalue weighted by Crippen LogP contribution is 2.23. The highest BCUT2D eigenvalue weighted by Gasteiger charge is 2.41. The van der Waals surface area contributed by atoms with Crippen LogP contribution in [-0.2, 0) is 9.84 Å². The third-order valence-corrected chi connectivity index (χ3v) is 7.23. The van der Waals surface area contributed by atoms with Gasteiger partial charge in [0, 0.05) is 11.6 Å². The number of nitrogens with zero attached hydrogens (tertiary/aromatic N) is 1. The molecular formula is C20H24N2O3S. The minimum absolute atomic E-state index is 0.0352. The van der Waals surface area contributed by atoms with Crippen molar-refractivity contribution in [2.45, 2.75) is 31.3 Å². The molecule has 5 nitrogen and oxygen atoms in total. The van der Waals surface area contributed by atoms with E-state index < -0.39 is 9.84 Å². The molecule has 2 saturated heterocycles.